The number of thioether (sulfide) groups is 1. The van der Waals surface area contributed by atoms with Crippen LogP contribution in [0.4, 0.5) is 0 Å². The molecule has 0 amide bonds. The molecule has 0 aromatic heterocycles. The summed E-state index contributed by atoms with van der Waals surface area (Å²) in [6.07, 6.45) is 0. The minimum Gasteiger partial charge on any atom is -0.192 e. The highest BCUT2D eigenvalue weighted by atomic mass is 35.5. The minimum absolute atomic E-state index is 0.729. The summed E-state index contributed by atoms with van der Waals surface area (Å²) in [7, 11) is 0. The largest absolute Gasteiger partial charge is 0.192 e. The number of hydrogen-bond donors (Lipinski definition) is 0. The maximum atomic E-state index is 8.98. The van der Waals surface area contributed by atoms with Crippen LogP contribution in [0.5, 0.6) is 0 Å². The van der Waals surface area contributed by atoms with E-state index in [9.17, 15) is 0 Å². The maximum absolute atomic E-state index is 8.98. The molecule has 0 heterocycles. The van der Waals surface area contributed by atoms with Crippen molar-refractivity contribution in [2.75, 3.05) is 0 Å². The minimum atomic E-state index is 0.729. The quantitative estimate of drug-likeness (QED) is 0.758. The van der Waals surface area contributed by atoms with Gasteiger partial charge in [-0.3, -0.25) is 0 Å². The summed E-state index contributed by atoms with van der Waals surface area (Å²) in [5.74, 6) is 0.757. The molecule has 2 aromatic carbocycles. The van der Waals surface area contributed by atoms with E-state index in [0.717, 1.165) is 26.8 Å². The first-order valence-corrected chi connectivity index (χ1v) is 6.53. The molecule has 0 fully saturated rings. The van der Waals surface area contributed by atoms with Crippen molar-refractivity contribution in [2.24, 2.45) is 0 Å². The smallest absolute Gasteiger partial charge is 0.0994 e. The summed E-state index contributed by atoms with van der Waals surface area (Å²) >= 11 is 7.72. The molecule has 3 heteroatoms. The zero-order valence-corrected chi connectivity index (χ0v) is 10.6. The Morgan fingerprint density at radius 3 is 2.53 bits per heavy atom. The van der Waals surface area contributed by atoms with Crippen molar-refractivity contribution in [3.63, 3.8) is 0 Å². The van der Waals surface area contributed by atoms with Gasteiger partial charge in [0.1, 0.15) is 0 Å². The Hall–Kier alpha value is -1.43. The van der Waals surface area contributed by atoms with Crippen LogP contribution in [0.15, 0.2) is 53.4 Å². The third kappa shape index (κ3) is 3.03. The van der Waals surface area contributed by atoms with Crippen LogP contribution < -0.4 is 0 Å². The van der Waals surface area contributed by atoms with Crippen molar-refractivity contribution < 1.29 is 0 Å². The van der Waals surface area contributed by atoms with E-state index in [4.69, 9.17) is 16.9 Å². The Morgan fingerprint density at radius 2 is 1.76 bits per heavy atom. The predicted molar refractivity (Wildman–Crippen MR) is 72.2 cm³/mol. The number of nitriles is 1. The SMILES string of the molecule is N#Cc1ccccc1CSc1ccccc1Cl. The lowest BCUT2D eigenvalue weighted by atomic mass is 10.1. The fourth-order valence-electron chi connectivity index (χ4n) is 1.47. The van der Waals surface area contributed by atoms with E-state index in [0.29, 0.717) is 0 Å². The standard InChI is InChI=1S/C14H10ClNS/c15-13-7-3-4-8-14(13)17-10-12-6-2-1-5-11(12)9-16/h1-8H,10H2. The van der Waals surface area contributed by atoms with Crippen molar-refractivity contribution in [2.45, 2.75) is 10.6 Å². The van der Waals surface area contributed by atoms with E-state index in [1.54, 1.807) is 11.8 Å². The van der Waals surface area contributed by atoms with Crippen LogP contribution in [0.2, 0.25) is 5.02 Å². The van der Waals surface area contributed by atoms with Crippen molar-refractivity contribution in [1.82, 2.24) is 0 Å². The molecule has 84 valence electrons. The first-order chi connectivity index (χ1) is 8.31. The topological polar surface area (TPSA) is 23.8 Å². The highest BCUT2D eigenvalue weighted by Gasteiger charge is 2.03. The number of halogens is 1. The van der Waals surface area contributed by atoms with E-state index in [1.807, 2.05) is 48.5 Å². The van der Waals surface area contributed by atoms with Gasteiger partial charge in [-0.25, -0.2) is 0 Å². The van der Waals surface area contributed by atoms with Gasteiger partial charge in [-0.05, 0) is 23.8 Å². The van der Waals surface area contributed by atoms with Gasteiger partial charge in [0.05, 0.1) is 16.7 Å². The van der Waals surface area contributed by atoms with Crippen molar-refractivity contribution in [3.8, 4) is 6.07 Å². The molecule has 0 bridgehead atoms. The van der Waals surface area contributed by atoms with E-state index in [2.05, 4.69) is 6.07 Å². The van der Waals surface area contributed by atoms with Crippen LogP contribution in [-0.4, -0.2) is 0 Å². The van der Waals surface area contributed by atoms with Crippen LogP contribution in [0.1, 0.15) is 11.1 Å². The summed E-state index contributed by atoms with van der Waals surface area (Å²) in [6.45, 7) is 0. The fourth-order valence-corrected chi connectivity index (χ4v) is 2.72. The van der Waals surface area contributed by atoms with Gasteiger partial charge < -0.3 is 0 Å². The average Bonchev–Trinajstić information content (AvgIpc) is 2.38. The molecule has 0 spiro atoms. The summed E-state index contributed by atoms with van der Waals surface area (Å²) in [5, 5.41) is 9.74. The molecule has 0 atom stereocenters. The molecular weight excluding hydrogens is 250 g/mol. The molecule has 0 unspecified atom stereocenters. The van der Waals surface area contributed by atoms with Crippen LogP contribution in [0.3, 0.4) is 0 Å². The van der Waals surface area contributed by atoms with Crippen LogP contribution in [-0.2, 0) is 5.75 Å². The van der Waals surface area contributed by atoms with Crippen LogP contribution in [0.25, 0.3) is 0 Å². The van der Waals surface area contributed by atoms with Gasteiger partial charge in [0.25, 0.3) is 0 Å². The highest BCUT2D eigenvalue weighted by molar-refractivity contribution is 7.98. The molecule has 0 saturated carbocycles. The molecule has 1 nitrogen and oxygen atoms in total. The van der Waals surface area contributed by atoms with Crippen LogP contribution in [0, 0.1) is 11.3 Å². The van der Waals surface area contributed by atoms with Crippen molar-refractivity contribution in [3.05, 3.63) is 64.7 Å². The molecular formula is C14H10ClNS. The van der Waals surface area contributed by atoms with Gasteiger partial charge in [-0.2, -0.15) is 5.26 Å². The summed E-state index contributed by atoms with van der Waals surface area (Å²) in [5.41, 5.74) is 1.77. The molecule has 2 rings (SSSR count). The Morgan fingerprint density at radius 1 is 1.06 bits per heavy atom. The predicted octanol–water partition coefficient (Wildman–Crippen LogP) is 4.50. The molecule has 0 aliphatic carbocycles. The Labute approximate surface area is 110 Å². The van der Waals surface area contributed by atoms with Gasteiger partial charge in [0, 0.05) is 10.6 Å². The molecule has 0 aliphatic rings. The lowest BCUT2D eigenvalue weighted by Crippen LogP contribution is -1.86. The number of hydrogen-bond acceptors (Lipinski definition) is 2. The molecule has 0 saturated heterocycles. The van der Waals surface area contributed by atoms with Crippen LogP contribution >= 0.6 is 23.4 Å². The van der Waals surface area contributed by atoms with Gasteiger partial charge in [0.2, 0.25) is 0 Å². The fraction of sp³-hybridized carbons (Fsp3) is 0.0714. The van der Waals surface area contributed by atoms with E-state index in [-0.39, 0.29) is 0 Å². The third-order valence-corrected chi connectivity index (χ3v) is 3.92. The lowest BCUT2D eigenvalue weighted by molar-refractivity contribution is 1.34. The molecule has 17 heavy (non-hydrogen) atoms. The molecule has 0 radical (unpaired) electrons. The average molecular weight is 260 g/mol. The molecule has 2 aromatic rings. The molecule has 0 aliphatic heterocycles. The monoisotopic (exact) mass is 259 g/mol. The second kappa shape index (κ2) is 5.77. The van der Waals surface area contributed by atoms with E-state index in [1.165, 1.54) is 0 Å². The van der Waals surface area contributed by atoms with Gasteiger partial charge in [-0.15, -0.1) is 11.8 Å². The maximum Gasteiger partial charge on any atom is 0.0994 e. The molecule has 0 N–H and O–H groups in total. The van der Waals surface area contributed by atoms with Gasteiger partial charge in [-0.1, -0.05) is 41.9 Å². The number of nitrogens with zero attached hydrogens (tertiary/aromatic N) is 1. The zero-order chi connectivity index (χ0) is 12.1. The highest BCUT2D eigenvalue weighted by Crippen LogP contribution is 2.29. The second-order valence-corrected chi connectivity index (χ2v) is 4.91. The Kier molecular flexibility index (Phi) is 4.08. The lowest BCUT2D eigenvalue weighted by Gasteiger charge is -2.05. The van der Waals surface area contributed by atoms with E-state index < -0.39 is 0 Å². The van der Waals surface area contributed by atoms with Gasteiger partial charge in [0.15, 0.2) is 0 Å². The first kappa shape index (κ1) is 12.0. The van der Waals surface area contributed by atoms with Gasteiger partial charge >= 0.3 is 0 Å². The summed E-state index contributed by atoms with van der Waals surface area (Å²) in [4.78, 5) is 1.04. The normalized spacial score (nSPS) is 9.88. The van der Waals surface area contributed by atoms with Crippen molar-refractivity contribution in [1.29, 1.82) is 5.26 Å². The van der Waals surface area contributed by atoms with E-state index >= 15 is 0 Å². The zero-order valence-electron chi connectivity index (χ0n) is 9.06. The number of benzene rings is 2. The van der Waals surface area contributed by atoms with Crippen molar-refractivity contribution >= 4 is 23.4 Å². The first-order valence-electron chi connectivity index (χ1n) is 5.16. The summed E-state index contributed by atoms with van der Waals surface area (Å²) in [6, 6.07) is 17.6. The summed E-state index contributed by atoms with van der Waals surface area (Å²) < 4.78 is 0. The Balaban J connectivity index is 2.13. The second-order valence-electron chi connectivity index (χ2n) is 3.49. The number of rotatable bonds is 3. The third-order valence-electron chi connectivity index (χ3n) is 2.36. The Bertz CT molecular complexity index is 560.